The lowest BCUT2D eigenvalue weighted by Crippen LogP contribution is -2.05. The molecule has 4 rings (SSSR count). The second kappa shape index (κ2) is 4.03. The third-order valence-electron chi connectivity index (χ3n) is 3.03. The molecule has 0 amide bonds. The SMILES string of the molecule is O=c1nc2scc3c(c-2s1)-c1cc(Cl)ccc1OC3. The fourth-order valence-electron chi connectivity index (χ4n) is 2.24. The first-order valence-electron chi connectivity index (χ1n) is 5.56. The fourth-order valence-corrected chi connectivity index (χ4v) is 4.31. The van der Waals surface area contributed by atoms with Gasteiger partial charge in [0.25, 0.3) is 0 Å². The average molecular weight is 308 g/mol. The van der Waals surface area contributed by atoms with Crippen LogP contribution in [-0.4, -0.2) is 4.98 Å². The Bertz CT molecular complexity index is 824. The highest BCUT2D eigenvalue weighted by Gasteiger charge is 2.25. The Labute approximate surface area is 121 Å². The standard InChI is InChI=1S/C13H6ClNO2S2/c14-7-1-2-9-8(3-7)10-6(4-17-9)5-18-12-11(10)19-13(16)15-12/h1-3,5H,4H2. The van der Waals surface area contributed by atoms with E-state index in [9.17, 15) is 4.79 Å². The van der Waals surface area contributed by atoms with Crippen LogP contribution in [0.15, 0.2) is 28.4 Å². The molecule has 0 aliphatic carbocycles. The van der Waals surface area contributed by atoms with Crippen LogP contribution < -0.4 is 9.61 Å². The van der Waals surface area contributed by atoms with Crippen LogP contribution in [0.2, 0.25) is 5.02 Å². The van der Waals surface area contributed by atoms with E-state index in [1.165, 1.54) is 22.7 Å². The first-order valence-corrected chi connectivity index (χ1v) is 7.64. The Morgan fingerprint density at radius 2 is 2.26 bits per heavy atom. The van der Waals surface area contributed by atoms with Crippen LogP contribution in [-0.2, 0) is 6.61 Å². The summed E-state index contributed by atoms with van der Waals surface area (Å²) in [5.41, 5.74) is 3.06. The molecule has 3 nitrogen and oxygen atoms in total. The lowest BCUT2D eigenvalue weighted by Gasteiger charge is -2.22. The largest absolute Gasteiger partial charge is 0.488 e. The molecule has 1 aromatic rings. The highest BCUT2D eigenvalue weighted by molar-refractivity contribution is 7.21. The smallest absolute Gasteiger partial charge is 0.328 e. The van der Waals surface area contributed by atoms with Crippen molar-refractivity contribution in [3.05, 3.63) is 43.8 Å². The van der Waals surface area contributed by atoms with Gasteiger partial charge in [-0.1, -0.05) is 22.9 Å². The lowest BCUT2D eigenvalue weighted by molar-refractivity contribution is 0.303. The van der Waals surface area contributed by atoms with E-state index in [1.54, 1.807) is 6.07 Å². The maximum Gasteiger partial charge on any atom is 0.328 e. The molecule has 0 atom stereocenters. The zero-order valence-corrected chi connectivity index (χ0v) is 11.9. The van der Waals surface area contributed by atoms with Crippen LogP contribution in [0.1, 0.15) is 5.56 Å². The summed E-state index contributed by atoms with van der Waals surface area (Å²) >= 11 is 8.73. The quantitative estimate of drug-likeness (QED) is 0.632. The zero-order valence-electron chi connectivity index (χ0n) is 9.47. The number of thiazole rings is 1. The van der Waals surface area contributed by atoms with Crippen molar-refractivity contribution in [1.82, 2.24) is 4.98 Å². The molecule has 0 aromatic heterocycles. The van der Waals surface area contributed by atoms with Crippen molar-refractivity contribution in [1.29, 1.82) is 0 Å². The van der Waals surface area contributed by atoms with Crippen LogP contribution in [0.5, 0.6) is 5.75 Å². The predicted octanol–water partition coefficient (Wildman–Crippen LogP) is 3.88. The molecule has 0 radical (unpaired) electrons. The van der Waals surface area contributed by atoms with Crippen molar-refractivity contribution in [2.45, 2.75) is 6.61 Å². The Morgan fingerprint density at radius 3 is 3.16 bits per heavy atom. The molecule has 6 heteroatoms. The minimum Gasteiger partial charge on any atom is -0.488 e. The number of halogens is 1. The monoisotopic (exact) mass is 307 g/mol. The van der Waals surface area contributed by atoms with Gasteiger partial charge in [0.05, 0.1) is 4.88 Å². The third kappa shape index (κ3) is 1.69. The number of benzene rings is 1. The minimum absolute atomic E-state index is 0.158. The molecular weight excluding hydrogens is 302 g/mol. The van der Waals surface area contributed by atoms with E-state index in [4.69, 9.17) is 16.3 Å². The summed E-state index contributed by atoms with van der Waals surface area (Å²) < 4.78 is 5.71. The Balaban J connectivity index is 2.12. The maximum absolute atomic E-state index is 11.5. The van der Waals surface area contributed by atoms with E-state index in [-0.39, 0.29) is 4.87 Å². The molecule has 94 valence electrons. The van der Waals surface area contributed by atoms with Crippen LogP contribution >= 0.6 is 34.3 Å². The van der Waals surface area contributed by atoms with Gasteiger partial charge in [-0.3, -0.25) is 4.79 Å². The van der Waals surface area contributed by atoms with Crippen molar-refractivity contribution in [3.8, 4) is 26.8 Å². The number of aromatic nitrogens is 1. The molecule has 0 unspecified atom stereocenters. The van der Waals surface area contributed by atoms with Gasteiger partial charge in [0.15, 0.2) is 0 Å². The van der Waals surface area contributed by atoms with E-state index in [0.717, 1.165) is 32.3 Å². The first kappa shape index (κ1) is 11.4. The minimum atomic E-state index is -0.158. The van der Waals surface area contributed by atoms with Crippen molar-refractivity contribution < 1.29 is 4.74 Å². The van der Waals surface area contributed by atoms with E-state index in [2.05, 4.69) is 4.98 Å². The fraction of sp³-hybridized carbons (Fsp3) is 0.0769. The molecule has 3 aliphatic rings. The number of hydrogen-bond acceptors (Lipinski definition) is 5. The third-order valence-corrected chi connectivity index (χ3v) is 5.18. The number of ether oxygens (including phenoxy) is 1. The molecule has 0 spiro atoms. The van der Waals surface area contributed by atoms with Gasteiger partial charge in [0.1, 0.15) is 17.4 Å². The normalized spacial score (nSPS) is 12.9. The summed E-state index contributed by atoms with van der Waals surface area (Å²) in [6, 6.07) is 5.55. The molecule has 0 saturated carbocycles. The number of fused-ring (bicyclic) bond motifs is 5. The van der Waals surface area contributed by atoms with Crippen LogP contribution in [0.4, 0.5) is 0 Å². The summed E-state index contributed by atoms with van der Waals surface area (Å²) in [5, 5.41) is 3.44. The summed E-state index contributed by atoms with van der Waals surface area (Å²) in [6.45, 7) is 0.516. The van der Waals surface area contributed by atoms with E-state index in [0.29, 0.717) is 11.6 Å². The average Bonchev–Trinajstić information content (AvgIpc) is 2.78. The van der Waals surface area contributed by atoms with E-state index in [1.807, 2.05) is 17.5 Å². The van der Waals surface area contributed by atoms with Gasteiger partial charge >= 0.3 is 4.87 Å². The molecule has 19 heavy (non-hydrogen) atoms. The van der Waals surface area contributed by atoms with Crippen LogP contribution in [0.25, 0.3) is 21.0 Å². The molecule has 0 N–H and O–H groups in total. The summed E-state index contributed by atoms with van der Waals surface area (Å²) in [6.07, 6.45) is 0. The van der Waals surface area contributed by atoms with Gasteiger partial charge in [-0.2, -0.15) is 4.98 Å². The molecule has 0 fully saturated rings. The molecular formula is C13H6ClNO2S2. The van der Waals surface area contributed by atoms with Gasteiger partial charge in [0, 0.05) is 27.1 Å². The van der Waals surface area contributed by atoms with Gasteiger partial charge < -0.3 is 4.74 Å². The number of rotatable bonds is 0. The first-order chi connectivity index (χ1) is 9.22. The molecule has 1 aromatic carbocycles. The van der Waals surface area contributed by atoms with Crippen molar-refractivity contribution in [2.75, 3.05) is 0 Å². The van der Waals surface area contributed by atoms with Gasteiger partial charge in [-0.15, -0.1) is 11.3 Å². The van der Waals surface area contributed by atoms with Crippen molar-refractivity contribution in [2.24, 2.45) is 0 Å². The maximum atomic E-state index is 11.5. The molecule has 3 aliphatic heterocycles. The zero-order chi connectivity index (χ0) is 13.0. The molecule has 0 bridgehead atoms. The van der Waals surface area contributed by atoms with Gasteiger partial charge in [0.2, 0.25) is 0 Å². The Hall–Kier alpha value is -1.43. The number of hydrogen-bond donors (Lipinski definition) is 0. The highest BCUT2D eigenvalue weighted by Crippen LogP contribution is 2.46. The van der Waals surface area contributed by atoms with Crippen molar-refractivity contribution in [3.63, 3.8) is 0 Å². The van der Waals surface area contributed by atoms with E-state index < -0.39 is 0 Å². The molecule has 0 saturated heterocycles. The second-order valence-electron chi connectivity index (χ2n) is 4.18. The highest BCUT2D eigenvalue weighted by atomic mass is 35.5. The number of nitrogens with zero attached hydrogens (tertiary/aromatic N) is 1. The second-order valence-corrected chi connectivity index (χ2v) is 6.44. The topological polar surface area (TPSA) is 39.2 Å². The van der Waals surface area contributed by atoms with Gasteiger partial charge in [-0.25, -0.2) is 0 Å². The van der Waals surface area contributed by atoms with E-state index >= 15 is 0 Å². The Kier molecular flexibility index (Phi) is 2.42. The van der Waals surface area contributed by atoms with Gasteiger partial charge in [-0.05, 0) is 18.2 Å². The Morgan fingerprint density at radius 1 is 1.37 bits per heavy atom. The van der Waals surface area contributed by atoms with Crippen LogP contribution in [0, 0.1) is 0 Å². The summed E-state index contributed by atoms with van der Waals surface area (Å²) in [7, 11) is 0. The molecule has 3 heterocycles. The van der Waals surface area contributed by atoms with Crippen LogP contribution in [0.3, 0.4) is 0 Å². The predicted molar refractivity (Wildman–Crippen MR) is 77.7 cm³/mol. The van der Waals surface area contributed by atoms with Crippen molar-refractivity contribution >= 4 is 34.3 Å². The summed E-state index contributed by atoms with van der Waals surface area (Å²) in [5.74, 6) is 0.801. The summed E-state index contributed by atoms with van der Waals surface area (Å²) in [4.78, 5) is 16.3. The lowest BCUT2D eigenvalue weighted by atomic mass is 9.99.